The molecular weight excluding hydrogens is 164 g/mol. The van der Waals surface area contributed by atoms with Gasteiger partial charge in [0.05, 0.1) is 0 Å². The minimum absolute atomic E-state index is 0.120. The van der Waals surface area contributed by atoms with Gasteiger partial charge in [0.15, 0.2) is 0 Å². The zero-order chi connectivity index (χ0) is 9.84. The molecule has 76 valence electrons. The summed E-state index contributed by atoms with van der Waals surface area (Å²) >= 11 is 0. The van der Waals surface area contributed by atoms with Gasteiger partial charge in [-0.15, -0.1) is 0 Å². The van der Waals surface area contributed by atoms with Gasteiger partial charge < -0.3 is 10.6 Å². The van der Waals surface area contributed by atoms with Crippen LogP contribution in [0.3, 0.4) is 0 Å². The Morgan fingerprint density at radius 3 is 2.69 bits per heavy atom. The molecule has 1 saturated heterocycles. The summed E-state index contributed by atoms with van der Waals surface area (Å²) in [5, 5.41) is 0. The lowest BCUT2D eigenvalue weighted by Gasteiger charge is -2.22. The van der Waals surface area contributed by atoms with E-state index in [1.54, 1.807) is 0 Å². The highest BCUT2D eigenvalue weighted by Gasteiger charge is 2.20. The fourth-order valence-corrected chi connectivity index (χ4v) is 1.71. The van der Waals surface area contributed by atoms with Crippen molar-refractivity contribution in [3.63, 3.8) is 0 Å². The molecule has 3 nitrogen and oxygen atoms in total. The van der Waals surface area contributed by atoms with Crippen LogP contribution in [0.15, 0.2) is 0 Å². The van der Waals surface area contributed by atoms with Gasteiger partial charge in [0.25, 0.3) is 0 Å². The van der Waals surface area contributed by atoms with E-state index in [1.807, 2.05) is 18.7 Å². The summed E-state index contributed by atoms with van der Waals surface area (Å²) in [6.45, 7) is 5.64. The molecule has 0 aromatic heterocycles. The van der Waals surface area contributed by atoms with E-state index in [9.17, 15) is 4.79 Å². The Balaban J connectivity index is 2.46. The summed E-state index contributed by atoms with van der Waals surface area (Å²) < 4.78 is 0. The maximum Gasteiger partial charge on any atom is 0.225 e. The largest absolute Gasteiger partial charge is 0.342 e. The van der Waals surface area contributed by atoms with Gasteiger partial charge in [0.2, 0.25) is 5.91 Å². The molecule has 2 N–H and O–H groups in total. The second kappa shape index (κ2) is 4.61. The van der Waals surface area contributed by atoms with Gasteiger partial charge in [-0.1, -0.05) is 13.8 Å². The Morgan fingerprint density at radius 1 is 1.38 bits per heavy atom. The van der Waals surface area contributed by atoms with Crippen LogP contribution in [0.5, 0.6) is 0 Å². The lowest BCUT2D eigenvalue weighted by Crippen LogP contribution is -2.35. The lowest BCUT2D eigenvalue weighted by molar-refractivity contribution is -0.134. The highest BCUT2D eigenvalue weighted by Crippen LogP contribution is 2.11. The second-order valence-electron chi connectivity index (χ2n) is 4.17. The van der Waals surface area contributed by atoms with Crippen LogP contribution in [0.2, 0.25) is 0 Å². The Labute approximate surface area is 80.3 Å². The summed E-state index contributed by atoms with van der Waals surface area (Å²) in [6, 6.07) is 0.296. The third-order valence-electron chi connectivity index (χ3n) is 2.58. The van der Waals surface area contributed by atoms with Gasteiger partial charge in [-0.2, -0.15) is 0 Å². The van der Waals surface area contributed by atoms with Gasteiger partial charge in [0, 0.05) is 25.0 Å². The molecule has 1 amide bonds. The van der Waals surface area contributed by atoms with Gasteiger partial charge >= 0.3 is 0 Å². The molecule has 0 aliphatic carbocycles. The summed E-state index contributed by atoms with van der Waals surface area (Å²) in [5.74, 6) is 0.392. The monoisotopic (exact) mass is 184 g/mol. The predicted molar refractivity (Wildman–Crippen MR) is 53.2 cm³/mol. The molecule has 0 spiro atoms. The van der Waals surface area contributed by atoms with Crippen LogP contribution in [-0.2, 0) is 4.79 Å². The van der Waals surface area contributed by atoms with Crippen molar-refractivity contribution in [1.29, 1.82) is 0 Å². The van der Waals surface area contributed by atoms with Gasteiger partial charge in [-0.3, -0.25) is 4.79 Å². The average Bonchev–Trinajstić information content (AvgIpc) is 2.28. The van der Waals surface area contributed by atoms with Crippen LogP contribution in [-0.4, -0.2) is 29.9 Å². The number of nitrogens with two attached hydrogens (primary N) is 1. The number of carbonyl (C=O) groups excluding carboxylic acids is 1. The number of hydrogen-bond donors (Lipinski definition) is 1. The van der Waals surface area contributed by atoms with Crippen LogP contribution in [0.1, 0.15) is 33.1 Å². The van der Waals surface area contributed by atoms with E-state index in [0.717, 1.165) is 32.4 Å². The van der Waals surface area contributed by atoms with Crippen molar-refractivity contribution >= 4 is 5.91 Å². The van der Waals surface area contributed by atoms with Crippen molar-refractivity contribution in [2.45, 2.75) is 39.2 Å². The average molecular weight is 184 g/mol. The first-order chi connectivity index (χ1) is 6.11. The van der Waals surface area contributed by atoms with E-state index in [1.165, 1.54) is 0 Å². The fraction of sp³-hybridized carbons (Fsp3) is 0.900. The molecule has 1 aliphatic heterocycles. The van der Waals surface area contributed by atoms with Gasteiger partial charge in [-0.25, -0.2) is 0 Å². The Morgan fingerprint density at radius 2 is 2.08 bits per heavy atom. The first-order valence-corrected chi connectivity index (χ1v) is 5.15. The molecule has 1 aliphatic rings. The van der Waals surface area contributed by atoms with E-state index in [-0.39, 0.29) is 11.8 Å². The van der Waals surface area contributed by atoms with E-state index >= 15 is 0 Å². The summed E-state index contributed by atoms with van der Waals surface area (Å²) in [4.78, 5) is 13.6. The van der Waals surface area contributed by atoms with Crippen molar-refractivity contribution in [2.24, 2.45) is 11.7 Å². The summed E-state index contributed by atoms with van der Waals surface area (Å²) in [7, 11) is 0. The third-order valence-corrected chi connectivity index (χ3v) is 2.58. The van der Waals surface area contributed by atoms with E-state index in [2.05, 4.69) is 0 Å². The number of nitrogens with zero attached hydrogens (tertiary/aromatic N) is 1. The lowest BCUT2D eigenvalue weighted by atomic mass is 10.1. The normalized spacial score (nSPS) is 24.6. The maximum atomic E-state index is 11.6. The molecule has 13 heavy (non-hydrogen) atoms. The summed E-state index contributed by atoms with van der Waals surface area (Å²) in [6.07, 6.45) is 3.07. The highest BCUT2D eigenvalue weighted by molar-refractivity contribution is 5.78. The minimum Gasteiger partial charge on any atom is -0.342 e. The zero-order valence-corrected chi connectivity index (χ0v) is 8.62. The molecule has 0 saturated carbocycles. The van der Waals surface area contributed by atoms with Crippen LogP contribution in [0, 0.1) is 5.92 Å². The number of carbonyl (C=O) groups is 1. The topological polar surface area (TPSA) is 46.3 Å². The van der Waals surface area contributed by atoms with Crippen LogP contribution in [0.4, 0.5) is 0 Å². The number of hydrogen-bond acceptors (Lipinski definition) is 2. The fourth-order valence-electron chi connectivity index (χ4n) is 1.71. The SMILES string of the molecule is CC(C)C(=O)N1CCCC(N)CC1. The summed E-state index contributed by atoms with van der Waals surface area (Å²) in [5.41, 5.74) is 5.84. The van der Waals surface area contributed by atoms with Crippen LogP contribution < -0.4 is 5.73 Å². The van der Waals surface area contributed by atoms with Crippen molar-refractivity contribution in [1.82, 2.24) is 4.90 Å². The second-order valence-corrected chi connectivity index (χ2v) is 4.17. The maximum absolute atomic E-state index is 11.6. The molecule has 1 heterocycles. The minimum atomic E-state index is 0.120. The third kappa shape index (κ3) is 2.99. The van der Waals surface area contributed by atoms with Crippen molar-refractivity contribution < 1.29 is 4.79 Å². The molecule has 0 aromatic rings. The van der Waals surface area contributed by atoms with Crippen LogP contribution >= 0.6 is 0 Å². The van der Waals surface area contributed by atoms with Crippen molar-refractivity contribution in [3.8, 4) is 0 Å². The Hall–Kier alpha value is -0.570. The molecule has 1 atom stereocenters. The number of likely N-dealkylation sites (tertiary alicyclic amines) is 1. The Kier molecular flexibility index (Phi) is 3.72. The molecule has 1 rings (SSSR count). The molecule has 0 bridgehead atoms. The predicted octanol–water partition coefficient (Wildman–Crippen LogP) is 0.982. The standard InChI is InChI=1S/C10H20N2O/c1-8(2)10(13)12-6-3-4-9(11)5-7-12/h8-9H,3-7,11H2,1-2H3. The number of amides is 1. The van der Waals surface area contributed by atoms with E-state index < -0.39 is 0 Å². The van der Waals surface area contributed by atoms with Crippen LogP contribution in [0.25, 0.3) is 0 Å². The smallest absolute Gasteiger partial charge is 0.225 e. The van der Waals surface area contributed by atoms with Crippen molar-refractivity contribution in [2.75, 3.05) is 13.1 Å². The number of rotatable bonds is 1. The van der Waals surface area contributed by atoms with E-state index in [0.29, 0.717) is 6.04 Å². The molecule has 0 aromatic carbocycles. The Bertz CT molecular complexity index is 180. The quantitative estimate of drug-likeness (QED) is 0.660. The molecule has 0 radical (unpaired) electrons. The van der Waals surface area contributed by atoms with Crippen molar-refractivity contribution in [3.05, 3.63) is 0 Å². The molecular formula is C10H20N2O. The molecule has 1 fully saturated rings. The molecule has 3 heteroatoms. The van der Waals surface area contributed by atoms with E-state index in [4.69, 9.17) is 5.73 Å². The first kappa shape index (κ1) is 10.5. The van der Waals surface area contributed by atoms with Gasteiger partial charge in [0.1, 0.15) is 0 Å². The zero-order valence-electron chi connectivity index (χ0n) is 8.62. The highest BCUT2D eigenvalue weighted by atomic mass is 16.2. The molecule has 1 unspecified atom stereocenters. The van der Waals surface area contributed by atoms with Gasteiger partial charge in [-0.05, 0) is 19.3 Å². The first-order valence-electron chi connectivity index (χ1n) is 5.15.